The fourth-order valence-electron chi connectivity index (χ4n) is 2.54. The van der Waals surface area contributed by atoms with Crippen LogP contribution in [0.1, 0.15) is 27.2 Å². The van der Waals surface area contributed by atoms with E-state index < -0.39 is 11.6 Å². The summed E-state index contributed by atoms with van der Waals surface area (Å²) in [4.78, 5) is 36.7. The number of imide groups is 1. The van der Waals surface area contributed by atoms with Gasteiger partial charge in [-0.15, -0.1) is 12.4 Å². The number of hydrogen-bond donors (Lipinski definition) is 3. The molecule has 2 atom stereocenters. The van der Waals surface area contributed by atoms with Crippen LogP contribution in [0.4, 0.5) is 4.79 Å². The van der Waals surface area contributed by atoms with Crippen LogP contribution in [-0.2, 0) is 9.59 Å². The minimum absolute atomic E-state index is 0. The summed E-state index contributed by atoms with van der Waals surface area (Å²) in [5.74, 6) is -0.200. The molecule has 2 unspecified atom stereocenters. The van der Waals surface area contributed by atoms with Gasteiger partial charge in [-0.1, -0.05) is 6.92 Å². The van der Waals surface area contributed by atoms with Crippen molar-refractivity contribution in [3.8, 4) is 0 Å². The summed E-state index contributed by atoms with van der Waals surface area (Å²) in [6.07, 6.45) is 1.01. The first kappa shape index (κ1) is 17.7. The molecule has 4 amide bonds. The van der Waals surface area contributed by atoms with Gasteiger partial charge in [0.1, 0.15) is 12.1 Å². The molecule has 120 valence electrons. The van der Waals surface area contributed by atoms with Gasteiger partial charge >= 0.3 is 6.03 Å². The maximum atomic E-state index is 12.1. The molecule has 0 saturated carbocycles. The number of amides is 4. The van der Waals surface area contributed by atoms with Crippen molar-refractivity contribution >= 4 is 30.3 Å². The summed E-state index contributed by atoms with van der Waals surface area (Å²) in [5.41, 5.74) is -0.981. The summed E-state index contributed by atoms with van der Waals surface area (Å²) < 4.78 is 0. The lowest BCUT2D eigenvalue weighted by molar-refractivity contribution is -0.127. The Morgan fingerprint density at radius 2 is 2.10 bits per heavy atom. The van der Waals surface area contributed by atoms with Crippen LogP contribution in [0.15, 0.2) is 0 Å². The maximum Gasteiger partial charge on any atom is 0.325 e. The van der Waals surface area contributed by atoms with Gasteiger partial charge in [0.25, 0.3) is 5.91 Å². The molecule has 2 aliphatic rings. The Labute approximate surface area is 130 Å². The van der Waals surface area contributed by atoms with Crippen molar-refractivity contribution in [2.75, 3.05) is 19.6 Å². The molecule has 0 aromatic carbocycles. The molecule has 2 aliphatic heterocycles. The zero-order valence-corrected chi connectivity index (χ0v) is 13.4. The van der Waals surface area contributed by atoms with Crippen molar-refractivity contribution in [1.29, 1.82) is 0 Å². The summed E-state index contributed by atoms with van der Waals surface area (Å²) >= 11 is 0. The monoisotopic (exact) mass is 318 g/mol. The highest BCUT2D eigenvalue weighted by atomic mass is 35.5. The molecular formula is C13H23ClN4O3. The van der Waals surface area contributed by atoms with E-state index in [0.717, 1.165) is 19.5 Å². The van der Waals surface area contributed by atoms with Crippen LogP contribution in [0.3, 0.4) is 0 Å². The largest absolute Gasteiger partial charge is 0.350 e. The average Bonchev–Trinajstić information content (AvgIpc) is 2.55. The number of nitrogens with one attached hydrogen (secondary N) is 3. The Hall–Kier alpha value is -1.34. The van der Waals surface area contributed by atoms with Crippen molar-refractivity contribution < 1.29 is 14.4 Å². The van der Waals surface area contributed by atoms with Crippen LogP contribution >= 0.6 is 12.4 Å². The minimum Gasteiger partial charge on any atom is -0.350 e. The van der Waals surface area contributed by atoms with Gasteiger partial charge < -0.3 is 15.5 Å². The number of carbonyl (C=O) groups excluding carboxylic acids is 3. The van der Waals surface area contributed by atoms with Crippen molar-refractivity contribution in [1.82, 2.24) is 20.9 Å². The third kappa shape index (κ3) is 3.65. The van der Waals surface area contributed by atoms with Gasteiger partial charge in [0, 0.05) is 12.6 Å². The first-order valence-electron chi connectivity index (χ1n) is 6.95. The van der Waals surface area contributed by atoms with Gasteiger partial charge in [-0.3, -0.25) is 14.9 Å². The Morgan fingerprint density at radius 3 is 2.62 bits per heavy atom. The predicted molar refractivity (Wildman–Crippen MR) is 80.2 cm³/mol. The maximum absolute atomic E-state index is 12.1. The van der Waals surface area contributed by atoms with E-state index >= 15 is 0 Å². The van der Waals surface area contributed by atoms with Crippen molar-refractivity contribution in [2.45, 2.75) is 38.8 Å². The lowest BCUT2D eigenvalue weighted by atomic mass is 9.95. The van der Waals surface area contributed by atoms with Crippen LogP contribution in [0, 0.1) is 5.92 Å². The van der Waals surface area contributed by atoms with Gasteiger partial charge in [0.15, 0.2) is 0 Å². The van der Waals surface area contributed by atoms with E-state index in [4.69, 9.17) is 0 Å². The summed E-state index contributed by atoms with van der Waals surface area (Å²) in [7, 11) is 0. The summed E-state index contributed by atoms with van der Waals surface area (Å²) in [6, 6.07) is -0.439. The van der Waals surface area contributed by atoms with Crippen LogP contribution < -0.4 is 16.0 Å². The Bertz CT molecular complexity index is 441. The zero-order valence-electron chi connectivity index (χ0n) is 12.6. The van der Waals surface area contributed by atoms with E-state index in [1.54, 1.807) is 13.8 Å². The van der Waals surface area contributed by atoms with Crippen LogP contribution in [0.25, 0.3) is 0 Å². The first-order valence-corrected chi connectivity index (χ1v) is 6.95. The highest BCUT2D eigenvalue weighted by Crippen LogP contribution is 2.20. The summed E-state index contributed by atoms with van der Waals surface area (Å²) in [6.45, 7) is 6.96. The fourth-order valence-corrected chi connectivity index (χ4v) is 2.54. The van der Waals surface area contributed by atoms with Crippen LogP contribution in [0.5, 0.6) is 0 Å². The molecule has 2 heterocycles. The quantitative estimate of drug-likeness (QED) is 0.631. The molecule has 21 heavy (non-hydrogen) atoms. The predicted octanol–water partition coefficient (Wildman–Crippen LogP) is -0.147. The first-order chi connectivity index (χ1) is 9.32. The van der Waals surface area contributed by atoms with E-state index in [2.05, 4.69) is 22.9 Å². The van der Waals surface area contributed by atoms with Crippen LogP contribution in [-0.4, -0.2) is 54.0 Å². The van der Waals surface area contributed by atoms with E-state index in [1.165, 1.54) is 4.90 Å². The standard InChI is InChI=1S/C13H22N4O3.ClH/c1-8-4-5-14-6-9(8)15-10(18)7-17-12(20)16-11(19)13(17,2)3;/h8-9,14H,4-7H2,1-3H3,(H,15,18)(H,16,19,20);1H. The molecule has 3 N–H and O–H groups in total. The number of piperidine rings is 1. The molecule has 2 rings (SSSR count). The third-order valence-corrected chi connectivity index (χ3v) is 4.17. The number of halogens is 1. The lowest BCUT2D eigenvalue weighted by Gasteiger charge is -2.32. The molecule has 8 heteroatoms. The van der Waals surface area contributed by atoms with Gasteiger partial charge in [0.05, 0.1) is 0 Å². The topological polar surface area (TPSA) is 90.5 Å². The fraction of sp³-hybridized carbons (Fsp3) is 0.769. The smallest absolute Gasteiger partial charge is 0.325 e. The molecule has 0 aliphatic carbocycles. The second-order valence-corrected chi connectivity index (χ2v) is 6.05. The Balaban J connectivity index is 0.00000220. The van der Waals surface area contributed by atoms with E-state index in [9.17, 15) is 14.4 Å². The van der Waals surface area contributed by atoms with E-state index in [0.29, 0.717) is 5.92 Å². The van der Waals surface area contributed by atoms with Crippen molar-refractivity contribution in [3.63, 3.8) is 0 Å². The lowest BCUT2D eigenvalue weighted by Crippen LogP contribution is -2.54. The summed E-state index contributed by atoms with van der Waals surface area (Å²) in [5, 5.41) is 8.40. The molecule has 7 nitrogen and oxygen atoms in total. The molecule has 0 spiro atoms. The number of nitrogens with zero attached hydrogens (tertiary/aromatic N) is 1. The molecule has 2 saturated heterocycles. The third-order valence-electron chi connectivity index (χ3n) is 4.17. The molecule has 0 aromatic rings. The highest BCUT2D eigenvalue weighted by molar-refractivity contribution is 6.07. The molecule has 0 bridgehead atoms. The van der Waals surface area contributed by atoms with Crippen molar-refractivity contribution in [2.24, 2.45) is 5.92 Å². The number of hydrogen-bond acceptors (Lipinski definition) is 4. The molecule has 2 fully saturated rings. The highest BCUT2D eigenvalue weighted by Gasteiger charge is 2.46. The van der Waals surface area contributed by atoms with Gasteiger partial charge in [-0.25, -0.2) is 4.79 Å². The number of urea groups is 1. The van der Waals surface area contributed by atoms with Crippen molar-refractivity contribution in [3.05, 3.63) is 0 Å². The average molecular weight is 319 g/mol. The second-order valence-electron chi connectivity index (χ2n) is 6.05. The van der Waals surface area contributed by atoms with E-state index in [-0.39, 0.29) is 36.8 Å². The van der Waals surface area contributed by atoms with Crippen LogP contribution in [0.2, 0.25) is 0 Å². The van der Waals surface area contributed by atoms with Gasteiger partial charge in [0.2, 0.25) is 5.91 Å². The zero-order chi connectivity index (χ0) is 14.9. The normalized spacial score (nSPS) is 27.9. The molecular weight excluding hydrogens is 296 g/mol. The Morgan fingerprint density at radius 1 is 1.43 bits per heavy atom. The second kappa shape index (κ2) is 6.62. The molecule has 0 aromatic heterocycles. The Kier molecular flexibility index (Phi) is 5.58. The van der Waals surface area contributed by atoms with E-state index in [1.807, 2.05) is 0 Å². The number of rotatable bonds is 3. The van der Waals surface area contributed by atoms with Gasteiger partial charge in [-0.05, 0) is 32.7 Å². The SMILES string of the molecule is CC1CCNCC1NC(=O)CN1C(=O)NC(=O)C1(C)C.Cl. The number of carbonyl (C=O) groups is 3. The minimum atomic E-state index is -0.981. The molecule has 0 radical (unpaired) electrons. The van der Waals surface area contributed by atoms with Gasteiger partial charge in [-0.2, -0.15) is 0 Å².